The van der Waals surface area contributed by atoms with Crippen LogP contribution in [0.25, 0.3) is 0 Å². The number of aromatic nitrogens is 2. The number of carboxylic acid groups (broad SMARTS) is 1. The lowest BCUT2D eigenvalue weighted by Crippen LogP contribution is -2.44. The summed E-state index contributed by atoms with van der Waals surface area (Å²) in [6.45, 7) is 1.76. The third kappa shape index (κ3) is 3.83. The Labute approximate surface area is 145 Å². The molecule has 1 aromatic heterocycles. The zero-order chi connectivity index (χ0) is 17.7. The van der Waals surface area contributed by atoms with Gasteiger partial charge < -0.3 is 15.2 Å². The molecule has 0 saturated carbocycles. The van der Waals surface area contributed by atoms with Crippen molar-refractivity contribution >= 4 is 11.9 Å². The molecule has 1 aromatic carbocycles. The number of nitrogens with one attached hydrogen (secondary N) is 1. The van der Waals surface area contributed by atoms with Crippen LogP contribution in [-0.4, -0.2) is 46.7 Å². The Kier molecular flexibility index (Phi) is 5.04. The molecule has 0 atom stereocenters. The number of carbonyl (C=O) groups excluding carboxylic acids is 1. The highest BCUT2D eigenvalue weighted by molar-refractivity contribution is 5.92. The summed E-state index contributed by atoms with van der Waals surface area (Å²) >= 11 is 0. The molecule has 7 heteroatoms. The normalized spacial score (nSPS) is 16.2. The van der Waals surface area contributed by atoms with Crippen molar-refractivity contribution in [2.45, 2.75) is 18.3 Å². The molecule has 1 saturated heterocycles. The summed E-state index contributed by atoms with van der Waals surface area (Å²) < 4.78 is 5.48. The fourth-order valence-corrected chi connectivity index (χ4v) is 3.02. The maximum atomic E-state index is 12.3. The largest absolute Gasteiger partial charge is 0.476 e. The van der Waals surface area contributed by atoms with Gasteiger partial charge in [-0.2, -0.15) is 0 Å². The first-order valence-electron chi connectivity index (χ1n) is 8.08. The Morgan fingerprint density at radius 3 is 2.32 bits per heavy atom. The van der Waals surface area contributed by atoms with Crippen LogP contribution in [0.1, 0.15) is 39.4 Å². The quantitative estimate of drug-likeness (QED) is 0.857. The van der Waals surface area contributed by atoms with Gasteiger partial charge in [-0.1, -0.05) is 30.3 Å². The number of hydrogen-bond donors (Lipinski definition) is 2. The number of carbonyl (C=O) groups is 2. The summed E-state index contributed by atoms with van der Waals surface area (Å²) in [4.78, 5) is 30.8. The van der Waals surface area contributed by atoms with Crippen molar-refractivity contribution in [1.82, 2.24) is 15.3 Å². The van der Waals surface area contributed by atoms with Crippen LogP contribution in [0.15, 0.2) is 42.7 Å². The number of benzene rings is 1. The second-order valence-corrected chi connectivity index (χ2v) is 6.03. The lowest BCUT2D eigenvalue weighted by atomic mass is 9.74. The van der Waals surface area contributed by atoms with Gasteiger partial charge in [0, 0.05) is 25.2 Å². The second-order valence-electron chi connectivity index (χ2n) is 6.03. The maximum Gasteiger partial charge on any atom is 0.356 e. The molecule has 1 aliphatic rings. The molecule has 2 N–H and O–H groups in total. The molecule has 3 rings (SSSR count). The van der Waals surface area contributed by atoms with Gasteiger partial charge in [-0.05, 0) is 18.4 Å². The molecule has 0 aliphatic carbocycles. The summed E-state index contributed by atoms with van der Waals surface area (Å²) in [5.74, 6) is -1.55. The minimum Gasteiger partial charge on any atom is -0.476 e. The smallest absolute Gasteiger partial charge is 0.356 e. The number of rotatable bonds is 5. The molecule has 2 aromatic rings. The summed E-state index contributed by atoms with van der Waals surface area (Å²) in [5, 5.41) is 11.7. The molecular formula is C18H19N3O4. The van der Waals surface area contributed by atoms with Crippen LogP contribution in [0.4, 0.5) is 0 Å². The Morgan fingerprint density at radius 2 is 1.72 bits per heavy atom. The van der Waals surface area contributed by atoms with Crippen molar-refractivity contribution in [3.63, 3.8) is 0 Å². The number of aromatic carboxylic acids is 1. The fourth-order valence-electron chi connectivity index (χ4n) is 3.02. The highest BCUT2D eigenvalue weighted by Crippen LogP contribution is 2.34. The van der Waals surface area contributed by atoms with Crippen LogP contribution in [0.3, 0.4) is 0 Å². The topological polar surface area (TPSA) is 101 Å². The average molecular weight is 341 g/mol. The molecule has 2 heterocycles. The van der Waals surface area contributed by atoms with Crippen molar-refractivity contribution in [2.75, 3.05) is 19.8 Å². The van der Waals surface area contributed by atoms with Crippen molar-refractivity contribution < 1.29 is 19.4 Å². The Balaban J connectivity index is 1.72. The van der Waals surface area contributed by atoms with E-state index in [0.717, 1.165) is 19.0 Å². The summed E-state index contributed by atoms with van der Waals surface area (Å²) in [6.07, 6.45) is 3.90. The van der Waals surface area contributed by atoms with Gasteiger partial charge in [-0.15, -0.1) is 0 Å². The van der Waals surface area contributed by atoms with E-state index in [1.165, 1.54) is 11.8 Å². The van der Waals surface area contributed by atoms with Crippen LogP contribution < -0.4 is 5.32 Å². The average Bonchev–Trinajstić information content (AvgIpc) is 2.67. The van der Waals surface area contributed by atoms with E-state index in [2.05, 4.69) is 27.4 Å². The van der Waals surface area contributed by atoms with E-state index in [-0.39, 0.29) is 22.7 Å². The minimum absolute atomic E-state index is 0.0975. The Bertz CT molecular complexity index is 741. The van der Waals surface area contributed by atoms with Gasteiger partial charge >= 0.3 is 5.97 Å². The molecular weight excluding hydrogens is 322 g/mol. The first kappa shape index (κ1) is 17.0. The summed E-state index contributed by atoms with van der Waals surface area (Å²) in [6, 6.07) is 10.1. The van der Waals surface area contributed by atoms with Gasteiger partial charge in [0.25, 0.3) is 5.91 Å². The molecule has 1 fully saturated rings. The fraction of sp³-hybridized carbons (Fsp3) is 0.333. The van der Waals surface area contributed by atoms with Gasteiger partial charge in [0.15, 0.2) is 5.69 Å². The van der Waals surface area contributed by atoms with Crippen molar-refractivity contribution in [2.24, 2.45) is 0 Å². The maximum absolute atomic E-state index is 12.3. The zero-order valence-electron chi connectivity index (χ0n) is 13.6. The Hall–Kier alpha value is -2.80. The first-order chi connectivity index (χ1) is 12.1. The third-order valence-corrected chi connectivity index (χ3v) is 4.53. The van der Waals surface area contributed by atoms with Crippen molar-refractivity contribution in [3.8, 4) is 0 Å². The van der Waals surface area contributed by atoms with E-state index in [4.69, 9.17) is 9.84 Å². The van der Waals surface area contributed by atoms with Crippen LogP contribution in [0, 0.1) is 0 Å². The van der Waals surface area contributed by atoms with Crippen molar-refractivity contribution in [3.05, 3.63) is 59.7 Å². The molecule has 0 unspecified atom stereocenters. The molecule has 1 amide bonds. The molecule has 0 spiro atoms. The van der Waals surface area contributed by atoms with Crippen LogP contribution in [-0.2, 0) is 10.2 Å². The van der Waals surface area contributed by atoms with E-state index in [1.807, 2.05) is 18.2 Å². The van der Waals surface area contributed by atoms with E-state index >= 15 is 0 Å². The number of ether oxygens (including phenoxy) is 1. The van der Waals surface area contributed by atoms with Gasteiger partial charge in [-0.25, -0.2) is 14.8 Å². The van der Waals surface area contributed by atoms with Gasteiger partial charge in [0.1, 0.15) is 5.69 Å². The van der Waals surface area contributed by atoms with Crippen LogP contribution in [0.2, 0.25) is 0 Å². The molecule has 0 bridgehead atoms. The highest BCUT2D eigenvalue weighted by Gasteiger charge is 2.34. The Morgan fingerprint density at radius 1 is 1.08 bits per heavy atom. The molecule has 25 heavy (non-hydrogen) atoms. The standard InChI is InChI=1S/C18H19N3O4/c22-16(14-10-20-15(11-19-14)17(23)24)21-12-18(6-8-25-9-7-18)13-4-2-1-3-5-13/h1-5,10-11H,6-9,12H2,(H,21,22)(H,23,24). The van der Waals surface area contributed by atoms with Gasteiger partial charge in [-0.3, -0.25) is 4.79 Å². The first-order valence-corrected chi connectivity index (χ1v) is 8.08. The third-order valence-electron chi connectivity index (χ3n) is 4.53. The number of nitrogens with zero attached hydrogens (tertiary/aromatic N) is 2. The second kappa shape index (κ2) is 7.40. The predicted octanol–water partition coefficient (Wildman–Crippen LogP) is 1.65. The van der Waals surface area contributed by atoms with E-state index in [9.17, 15) is 9.59 Å². The lowest BCUT2D eigenvalue weighted by Gasteiger charge is -2.37. The van der Waals surface area contributed by atoms with Gasteiger partial charge in [0.05, 0.1) is 12.4 Å². The molecule has 0 radical (unpaired) electrons. The van der Waals surface area contributed by atoms with Crippen LogP contribution in [0.5, 0.6) is 0 Å². The number of carboxylic acids is 1. The minimum atomic E-state index is -1.18. The van der Waals surface area contributed by atoms with Gasteiger partial charge in [0.2, 0.25) is 0 Å². The van der Waals surface area contributed by atoms with Crippen molar-refractivity contribution in [1.29, 1.82) is 0 Å². The molecule has 130 valence electrons. The summed E-state index contributed by atoms with van der Waals surface area (Å²) in [7, 11) is 0. The van der Waals surface area contributed by atoms with E-state index < -0.39 is 5.97 Å². The van der Waals surface area contributed by atoms with Crippen LogP contribution >= 0.6 is 0 Å². The summed E-state index contributed by atoms with van der Waals surface area (Å²) in [5.41, 5.74) is 0.900. The zero-order valence-corrected chi connectivity index (χ0v) is 13.6. The van der Waals surface area contributed by atoms with E-state index in [0.29, 0.717) is 19.8 Å². The monoisotopic (exact) mass is 341 g/mol. The predicted molar refractivity (Wildman–Crippen MR) is 89.5 cm³/mol. The highest BCUT2D eigenvalue weighted by atomic mass is 16.5. The molecule has 1 aliphatic heterocycles. The number of hydrogen-bond acceptors (Lipinski definition) is 5. The SMILES string of the molecule is O=C(O)c1cnc(C(=O)NCC2(c3ccccc3)CCOCC2)cn1. The molecule has 7 nitrogen and oxygen atoms in total. The number of amides is 1. The van der Waals surface area contributed by atoms with E-state index in [1.54, 1.807) is 0 Å². The lowest BCUT2D eigenvalue weighted by molar-refractivity contribution is 0.0486.